The molecule has 0 saturated heterocycles. The molecular formula is C13H15O2Rb. The van der Waals surface area contributed by atoms with Gasteiger partial charge in [0.15, 0.2) is 5.78 Å². The van der Waals surface area contributed by atoms with Crippen molar-refractivity contribution in [2.24, 2.45) is 0 Å². The Balaban J connectivity index is 0.00000225. The van der Waals surface area contributed by atoms with Gasteiger partial charge in [-0.3, -0.25) is 4.79 Å². The van der Waals surface area contributed by atoms with Crippen LogP contribution in [-0.2, 0) is 0 Å². The first-order valence-electron chi connectivity index (χ1n) is 4.89. The Hall–Kier alpha value is 0.235. The van der Waals surface area contributed by atoms with Crippen LogP contribution in [0.3, 0.4) is 0 Å². The third kappa shape index (κ3) is 4.25. The minimum atomic E-state index is -0.185. The van der Waals surface area contributed by atoms with Gasteiger partial charge in [-0.1, -0.05) is 35.1 Å². The van der Waals surface area contributed by atoms with E-state index in [0.717, 1.165) is 16.7 Å². The van der Waals surface area contributed by atoms with E-state index in [1.54, 1.807) is 0 Å². The average molecular weight is 289 g/mol. The van der Waals surface area contributed by atoms with Gasteiger partial charge in [-0.05, 0) is 33.3 Å². The SMILES string of the molecule is CC(=O)c1c([O-])cc(C)cc1C=C(C)C.[Rb+]. The summed E-state index contributed by atoms with van der Waals surface area (Å²) in [7, 11) is 0. The Kier molecular flexibility index (Phi) is 6.95. The predicted octanol–water partition coefficient (Wildman–Crippen LogP) is -0.302. The summed E-state index contributed by atoms with van der Waals surface area (Å²) < 4.78 is 0. The van der Waals surface area contributed by atoms with Gasteiger partial charge in [0.1, 0.15) is 0 Å². The van der Waals surface area contributed by atoms with Crippen molar-refractivity contribution < 1.29 is 68.1 Å². The van der Waals surface area contributed by atoms with E-state index in [1.165, 1.54) is 13.0 Å². The van der Waals surface area contributed by atoms with E-state index >= 15 is 0 Å². The fourth-order valence-electron chi connectivity index (χ4n) is 1.58. The zero-order chi connectivity index (χ0) is 11.6. The number of aryl methyl sites for hydroxylation is 1. The van der Waals surface area contributed by atoms with Gasteiger partial charge in [-0.15, -0.1) is 0 Å². The molecule has 0 heterocycles. The number of benzene rings is 1. The van der Waals surface area contributed by atoms with Crippen LogP contribution in [0.15, 0.2) is 17.7 Å². The molecule has 0 aliphatic heterocycles. The molecular weight excluding hydrogens is 274 g/mol. The predicted molar refractivity (Wildman–Crippen MR) is 60.0 cm³/mol. The molecule has 80 valence electrons. The van der Waals surface area contributed by atoms with E-state index < -0.39 is 0 Å². The van der Waals surface area contributed by atoms with Crippen LogP contribution >= 0.6 is 0 Å². The second-order valence-corrected chi connectivity index (χ2v) is 4.01. The van der Waals surface area contributed by atoms with Crippen molar-refractivity contribution in [2.75, 3.05) is 0 Å². The van der Waals surface area contributed by atoms with E-state index in [4.69, 9.17) is 0 Å². The number of allylic oxidation sites excluding steroid dienone is 1. The third-order valence-corrected chi connectivity index (χ3v) is 2.07. The summed E-state index contributed by atoms with van der Waals surface area (Å²) in [4.78, 5) is 11.4. The van der Waals surface area contributed by atoms with Gasteiger partial charge in [0.2, 0.25) is 0 Å². The molecule has 1 aromatic carbocycles. The van der Waals surface area contributed by atoms with Crippen molar-refractivity contribution in [1.29, 1.82) is 0 Å². The summed E-state index contributed by atoms with van der Waals surface area (Å²) >= 11 is 0. The molecule has 0 aromatic heterocycles. The number of carbonyl (C=O) groups is 1. The minimum Gasteiger partial charge on any atom is -0.872 e. The summed E-state index contributed by atoms with van der Waals surface area (Å²) in [6.45, 7) is 7.16. The molecule has 0 aliphatic carbocycles. The van der Waals surface area contributed by atoms with Crippen LogP contribution in [0, 0.1) is 6.92 Å². The molecule has 0 radical (unpaired) electrons. The van der Waals surface area contributed by atoms with Gasteiger partial charge in [0.05, 0.1) is 0 Å². The summed E-state index contributed by atoms with van der Waals surface area (Å²) in [5, 5.41) is 11.6. The molecule has 0 spiro atoms. The molecule has 0 N–H and O–H groups in total. The molecule has 0 bridgehead atoms. The summed E-state index contributed by atoms with van der Waals surface area (Å²) in [6, 6.07) is 3.37. The van der Waals surface area contributed by atoms with E-state index in [1.807, 2.05) is 32.9 Å². The Bertz CT molecular complexity index is 430. The number of rotatable bonds is 2. The summed E-state index contributed by atoms with van der Waals surface area (Å²) in [6.07, 6.45) is 1.87. The average Bonchev–Trinajstić information content (AvgIpc) is 1.99. The fraction of sp³-hybridized carbons (Fsp3) is 0.308. The van der Waals surface area contributed by atoms with Crippen molar-refractivity contribution in [1.82, 2.24) is 0 Å². The molecule has 2 nitrogen and oxygen atoms in total. The number of ketones is 1. The van der Waals surface area contributed by atoms with Crippen LogP contribution in [0.1, 0.15) is 42.3 Å². The largest absolute Gasteiger partial charge is 1.00 e. The monoisotopic (exact) mass is 288 g/mol. The van der Waals surface area contributed by atoms with Crippen molar-refractivity contribution in [3.8, 4) is 5.75 Å². The Morgan fingerprint density at radius 1 is 1.25 bits per heavy atom. The number of carbonyl (C=O) groups excluding carboxylic acids is 1. The van der Waals surface area contributed by atoms with Crippen LogP contribution < -0.4 is 63.3 Å². The van der Waals surface area contributed by atoms with E-state index in [9.17, 15) is 9.90 Å². The topological polar surface area (TPSA) is 40.1 Å². The smallest absolute Gasteiger partial charge is 0.872 e. The van der Waals surface area contributed by atoms with Gasteiger partial charge >= 0.3 is 58.2 Å². The first-order valence-corrected chi connectivity index (χ1v) is 4.89. The maximum absolute atomic E-state index is 11.6. The van der Waals surface area contributed by atoms with Crippen LogP contribution in [0.5, 0.6) is 5.75 Å². The Morgan fingerprint density at radius 2 is 1.81 bits per heavy atom. The molecule has 3 heteroatoms. The van der Waals surface area contributed by atoms with Gasteiger partial charge in [-0.25, -0.2) is 0 Å². The Labute approximate surface area is 146 Å². The standard InChI is InChI=1S/C13H16O2.Rb/c1-8(2)5-11-6-9(3)7-12(15)13(11)10(4)14;/h5-7,15H,1-4H3;/q;+1/p-1. The van der Waals surface area contributed by atoms with Crippen molar-refractivity contribution in [3.63, 3.8) is 0 Å². The number of Topliss-reactive ketones (excluding diaryl/α,β-unsaturated/α-hetero) is 1. The van der Waals surface area contributed by atoms with Crippen molar-refractivity contribution in [2.45, 2.75) is 27.7 Å². The van der Waals surface area contributed by atoms with Gasteiger partial charge in [0, 0.05) is 5.56 Å². The minimum absolute atomic E-state index is 0. The molecule has 0 amide bonds. The maximum atomic E-state index is 11.6. The molecule has 1 aromatic rings. The molecule has 0 atom stereocenters. The number of hydrogen-bond donors (Lipinski definition) is 0. The van der Waals surface area contributed by atoms with Gasteiger partial charge in [0.25, 0.3) is 0 Å². The molecule has 0 aliphatic rings. The van der Waals surface area contributed by atoms with Crippen LogP contribution in [0.25, 0.3) is 6.08 Å². The Morgan fingerprint density at radius 3 is 2.25 bits per heavy atom. The normalized spacial score (nSPS) is 9.25. The van der Waals surface area contributed by atoms with E-state index in [-0.39, 0.29) is 69.7 Å². The van der Waals surface area contributed by atoms with Crippen LogP contribution in [0.4, 0.5) is 0 Å². The molecule has 0 unspecified atom stereocenters. The van der Waals surface area contributed by atoms with Crippen molar-refractivity contribution in [3.05, 3.63) is 34.4 Å². The zero-order valence-corrected chi connectivity index (χ0v) is 15.5. The summed E-state index contributed by atoms with van der Waals surface area (Å²) in [5.41, 5.74) is 2.98. The quantitative estimate of drug-likeness (QED) is 0.701. The maximum Gasteiger partial charge on any atom is 1.00 e. The number of hydrogen-bond acceptors (Lipinski definition) is 2. The summed E-state index contributed by atoms with van der Waals surface area (Å²) in [5.74, 6) is -0.359. The fourth-order valence-corrected chi connectivity index (χ4v) is 1.58. The van der Waals surface area contributed by atoms with Gasteiger partial charge in [-0.2, -0.15) is 0 Å². The zero-order valence-electron chi connectivity index (χ0n) is 10.5. The van der Waals surface area contributed by atoms with Crippen LogP contribution in [-0.4, -0.2) is 5.78 Å². The first kappa shape index (κ1) is 16.2. The molecule has 0 fully saturated rings. The van der Waals surface area contributed by atoms with Crippen molar-refractivity contribution >= 4 is 11.9 Å². The second kappa shape index (κ2) is 6.85. The van der Waals surface area contributed by atoms with E-state index in [2.05, 4.69) is 0 Å². The van der Waals surface area contributed by atoms with Crippen LogP contribution in [0.2, 0.25) is 0 Å². The molecule has 16 heavy (non-hydrogen) atoms. The first-order chi connectivity index (χ1) is 6.91. The molecule has 1 rings (SSSR count). The van der Waals surface area contributed by atoms with Gasteiger partial charge < -0.3 is 5.11 Å². The second-order valence-electron chi connectivity index (χ2n) is 4.01. The van der Waals surface area contributed by atoms with E-state index in [0.29, 0.717) is 5.56 Å². The molecule has 0 saturated carbocycles. The third-order valence-electron chi connectivity index (χ3n) is 2.07.